The van der Waals surface area contributed by atoms with Gasteiger partial charge in [0.15, 0.2) is 0 Å². The first-order valence-electron chi connectivity index (χ1n) is 9.83. The van der Waals surface area contributed by atoms with Crippen molar-refractivity contribution < 1.29 is 4.74 Å². The molecule has 1 aromatic heterocycles. The molecule has 0 amide bonds. The Morgan fingerprint density at radius 1 is 0.815 bits per heavy atom. The highest BCUT2D eigenvalue weighted by Crippen LogP contribution is 2.31. The molecule has 0 aliphatic carbocycles. The van der Waals surface area contributed by atoms with Crippen LogP contribution in [-0.2, 0) is 6.42 Å². The summed E-state index contributed by atoms with van der Waals surface area (Å²) < 4.78 is 5.67. The Kier molecular flexibility index (Phi) is 7.29. The Hall–Kier alpha value is -2.32. The monoisotopic (exact) mass is 376 g/mol. The zero-order valence-electron chi connectivity index (χ0n) is 16.3. The molecule has 3 rings (SSSR count). The van der Waals surface area contributed by atoms with Gasteiger partial charge in [-0.25, -0.2) is 0 Å². The molecule has 140 valence electrons. The smallest absolute Gasteiger partial charge is 0.119 e. The molecule has 0 radical (unpaired) electrons. The summed E-state index contributed by atoms with van der Waals surface area (Å²) in [6.45, 7) is 4.87. The average molecular weight is 377 g/mol. The average Bonchev–Trinajstić information content (AvgIpc) is 3.18. The number of ether oxygens (including phenoxy) is 1. The van der Waals surface area contributed by atoms with E-state index in [-0.39, 0.29) is 0 Å². The molecule has 27 heavy (non-hydrogen) atoms. The maximum Gasteiger partial charge on any atom is 0.119 e. The second-order valence-corrected chi connectivity index (χ2v) is 7.87. The van der Waals surface area contributed by atoms with E-state index < -0.39 is 0 Å². The van der Waals surface area contributed by atoms with Gasteiger partial charge in [-0.2, -0.15) is 0 Å². The van der Waals surface area contributed by atoms with E-state index in [1.54, 1.807) is 0 Å². The lowest BCUT2D eigenvalue weighted by Gasteiger charge is -2.06. The highest BCUT2D eigenvalue weighted by molar-refractivity contribution is 7.15. The Bertz CT molecular complexity index is 841. The second-order valence-electron chi connectivity index (χ2n) is 6.70. The fourth-order valence-corrected chi connectivity index (χ4v) is 4.08. The van der Waals surface area contributed by atoms with Gasteiger partial charge >= 0.3 is 0 Å². The Morgan fingerprint density at radius 2 is 1.48 bits per heavy atom. The van der Waals surface area contributed by atoms with Gasteiger partial charge in [-0.1, -0.05) is 68.3 Å². The van der Waals surface area contributed by atoms with Crippen LogP contribution in [0.5, 0.6) is 5.75 Å². The van der Waals surface area contributed by atoms with Gasteiger partial charge in [0.25, 0.3) is 0 Å². The lowest BCUT2D eigenvalue weighted by molar-refractivity contribution is 0.363. The quantitative estimate of drug-likeness (QED) is 0.274. The molecule has 0 N–H and O–H groups in total. The molecule has 0 saturated carbocycles. The van der Waals surface area contributed by atoms with Gasteiger partial charge in [-0.05, 0) is 60.7 Å². The first-order valence-corrected chi connectivity index (χ1v) is 10.7. The summed E-state index contributed by atoms with van der Waals surface area (Å²) in [5, 5.41) is 0. The van der Waals surface area contributed by atoms with Crippen LogP contribution in [0.2, 0.25) is 0 Å². The van der Waals surface area contributed by atoms with Crippen molar-refractivity contribution in [1.29, 1.82) is 0 Å². The Morgan fingerprint density at radius 3 is 2.15 bits per heavy atom. The van der Waals surface area contributed by atoms with E-state index in [0.717, 1.165) is 5.75 Å². The van der Waals surface area contributed by atoms with E-state index >= 15 is 0 Å². The minimum atomic E-state index is 0.617. The second kappa shape index (κ2) is 10.1. The molecule has 3 aromatic rings. The minimum absolute atomic E-state index is 0.617. The molecule has 2 heteroatoms. The molecule has 0 spiro atoms. The van der Waals surface area contributed by atoms with Gasteiger partial charge in [0.2, 0.25) is 0 Å². The number of thiophene rings is 1. The van der Waals surface area contributed by atoms with Crippen LogP contribution < -0.4 is 4.74 Å². The van der Waals surface area contributed by atoms with Crippen LogP contribution in [0.15, 0.2) is 72.8 Å². The number of rotatable bonds is 9. The summed E-state index contributed by atoms with van der Waals surface area (Å²) in [5.74, 6) is 0.905. The third kappa shape index (κ3) is 5.58. The molecule has 0 aliphatic rings. The molecule has 2 aromatic carbocycles. The van der Waals surface area contributed by atoms with Crippen LogP contribution in [0.1, 0.15) is 38.0 Å². The van der Waals surface area contributed by atoms with Crippen molar-refractivity contribution in [2.45, 2.75) is 39.5 Å². The van der Waals surface area contributed by atoms with Gasteiger partial charge in [-0.15, -0.1) is 11.3 Å². The van der Waals surface area contributed by atoms with E-state index in [2.05, 4.69) is 55.5 Å². The number of benzene rings is 2. The van der Waals surface area contributed by atoms with Crippen molar-refractivity contribution in [2.24, 2.45) is 0 Å². The molecule has 1 heterocycles. The van der Waals surface area contributed by atoms with Crippen molar-refractivity contribution in [3.63, 3.8) is 0 Å². The maximum absolute atomic E-state index is 5.67. The molecule has 0 bridgehead atoms. The predicted octanol–water partition coefficient (Wildman–Crippen LogP) is 7.77. The van der Waals surface area contributed by atoms with E-state index in [9.17, 15) is 0 Å². The molecule has 0 atom stereocenters. The molecule has 0 fully saturated rings. The van der Waals surface area contributed by atoms with E-state index in [1.165, 1.54) is 52.1 Å². The number of unbranched alkanes of at least 4 members (excludes halogenated alkanes) is 2. The van der Waals surface area contributed by atoms with Gasteiger partial charge < -0.3 is 4.74 Å². The van der Waals surface area contributed by atoms with Crippen molar-refractivity contribution in [3.8, 4) is 27.3 Å². The largest absolute Gasteiger partial charge is 0.490 e. The minimum Gasteiger partial charge on any atom is -0.490 e. The first-order chi connectivity index (χ1) is 13.3. The summed E-state index contributed by atoms with van der Waals surface area (Å²) in [6, 6.07) is 21.7. The van der Waals surface area contributed by atoms with Crippen molar-refractivity contribution in [1.82, 2.24) is 0 Å². The number of aryl methyl sites for hydroxylation is 1. The van der Waals surface area contributed by atoms with Crippen LogP contribution in [0.4, 0.5) is 0 Å². The first kappa shape index (κ1) is 19.4. The molecule has 0 saturated heterocycles. The zero-order valence-corrected chi connectivity index (χ0v) is 17.1. The van der Waals surface area contributed by atoms with E-state index in [1.807, 2.05) is 42.5 Å². The third-order valence-corrected chi connectivity index (χ3v) is 5.82. The van der Waals surface area contributed by atoms with Crippen molar-refractivity contribution >= 4 is 11.3 Å². The summed E-state index contributed by atoms with van der Waals surface area (Å²) in [7, 11) is 0. The Labute approximate surface area is 167 Å². The highest BCUT2D eigenvalue weighted by Gasteiger charge is 2.04. The third-order valence-electron chi connectivity index (χ3n) is 4.63. The van der Waals surface area contributed by atoms with Crippen LogP contribution in [0, 0.1) is 0 Å². The summed E-state index contributed by atoms with van der Waals surface area (Å²) in [6.07, 6.45) is 9.11. The van der Waals surface area contributed by atoms with Gasteiger partial charge in [-0.3, -0.25) is 0 Å². The molecular formula is C25H28OS. The zero-order chi connectivity index (χ0) is 18.9. The SMILES string of the molecule is CC=CCOc1ccc(-c2ccc(-c3ccc(CCCCC)s3)cc2)cc1. The number of hydrogen-bond acceptors (Lipinski definition) is 2. The van der Waals surface area contributed by atoms with Crippen LogP contribution >= 0.6 is 11.3 Å². The topological polar surface area (TPSA) is 9.23 Å². The predicted molar refractivity (Wildman–Crippen MR) is 119 cm³/mol. The number of allylic oxidation sites excluding steroid dienone is 1. The fraction of sp³-hybridized carbons (Fsp3) is 0.280. The van der Waals surface area contributed by atoms with Crippen LogP contribution in [0.3, 0.4) is 0 Å². The number of hydrogen-bond donors (Lipinski definition) is 0. The summed E-state index contributed by atoms with van der Waals surface area (Å²) in [5.41, 5.74) is 3.75. The van der Waals surface area contributed by atoms with Crippen LogP contribution in [-0.4, -0.2) is 6.61 Å². The van der Waals surface area contributed by atoms with Crippen molar-refractivity contribution in [3.05, 3.63) is 77.7 Å². The standard InChI is InChI=1S/C25H28OS/c1-3-5-7-8-24-17-18-25(27-24)22-11-9-20(10-12-22)21-13-15-23(16-14-21)26-19-6-4-2/h4,6,9-18H,3,5,7-8,19H2,1-2H3. The fourth-order valence-electron chi connectivity index (χ4n) is 3.03. The van der Waals surface area contributed by atoms with Crippen molar-refractivity contribution in [2.75, 3.05) is 6.61 Å². The van der Waals surface area contributed by atoms with Crippen LogP contribution in [0.25, 0.3) is 21.6 Å². The Balaban J connectivity index is 1.64. The molecule has 1 nitrogen and oxygen atoms in total. The van der Waals surface area contributed by atoms with Gasteiger partial charge in [0.1, 0.15) is 12.4 Å². The molecule has 0 aliphatic heterocycles. The lowest BCUT2D eigenvalue weighted by Crippen LogP contribution is -1.92. The highest BCUT2D eigenvalue weighted by atomic mass is 32.1. The molecular weight excluding hydrogens is 348 g/mol. The summed E-state index contributed by atoms with van der Waals surface area (Å²) in [4.78, 5) is 2.86. The van der Waals surface area contributed by atoms with Gasteiger partial charge in [0, 0.05) is 9.75 Å². The van der Waals surface area contributed by atoms with E-state index in [4.69, 9.17) is 4.74 Å². The molecule has 0 unspecified atom stereocenters. The van der Waals surface area contributed by atoms with E-state index in [0.29, 0.717) is 6.61 Å². The normalized spacial score (nSPS) is 11.2. The summed E-state index contributed by atoms with van der Waals surface area (Å²) >= 11 is 1.93. The van der Waals surface area contributed by atoms with Gasteiger partial charge in [0.05, 0.1) is 0 Å². The maximum atomic E-state index is 5.67. The lowest BCUT2D eigenvalue weighted by atomic mass is 10.0.